The third-order valence-electron chi connectivity index (χ3n) is 3.35. The van der Waals surface area contributed by atoms with Crippen molar-refractivity contribution in [3.63, 3.8) is 0 Å². The molecule has 0 spiro atoms. The number of aliphatic carboxylic acids is 1. The van der Waals surface area contributed by atoms with E-state index in [2.05, 4.69) is 5.32 Å². The molecule has 1 aromatic carbocycles. The lowest BCUT2D eigenvalue weighted by Crippen LogP contribution is -2.25. The average molecular weight is 264 g/mol. The molecule has 1 aliphatic rings. The van der Waals surface area contributed by atoms with Gasteiger partial charge in [0.05, 0.1) is 11.3 Å². The molecule has 2 N–H and O–H groups in total. The van der Waals surface area contributed by atoms with E-state index in [0.29, 0.717) is 17.2 Å². The van der Waals surface area contributed by atoms with Crippen molar-refractivity contribution in [3.8, 4) is 0 Å². The molecular weight excluding hydrogens is 248 g/mol. The second kappa shape index (κ2) is 5.26. The van der Waals surface area contributed by atoms with Crippen molar-refractivity contribution in [3.05, 3.63) is 33.9 Å². The highest BCUT2D eigenvalue weighted by atomic mass is 16.6. The van der Waals surface area contributed by atoms with Gasteiger partial charge in [-0.25, -0.2) is 0 Å². The van der Waals surface area contributed by atoms with Crippen LogP contribution in [0.3, 0.4) is 0 Å². The molecule has 0 radical (unpaired) electrons. The van der Waals surface area contributed by atoms with Gasteiger partial charge in [0, 0.05) is 11.6 Å². The van der Waals surface area contributed by atoms with Crippen LogP contribution in [0.1, 0.15) is 24.8 Å². The van der Waals surface area contributed by atoms with Crippen molar-refractivity contribution in [2.45, 2.75) is 32.2 Å². The summed E-state index contributed by atoms with van der Waals surface area (Å²) in [6.45, 7) is 1.67. The topological polar surface area (TPSA) is 92.5 Å². The van der Waals surface area contributed by atoms with Crippen LogP contribution in [0.4, 0.5) is 11.4 Å². The van der Waals surface area contributed by atoms with Gasteiger partial charge in [0.15, 0.2) is 0 Å². The molecule has 6 nitrogen and oxygen atoms in total. The normalized spacial score (nSPS) is 15.8. The van der Waals surface area contributed by atoms with Crippen LogP contribution in [-0.2, 0) is 4.79 Å². The van der Waals surface area contributed by atoms with Crippen molar-refractivity contribution in [1.82, 2.24) is 0 Å². The van der Waals surface area contributed by atoms with E-state index in [1.54, 1.807) is 25.1 Å². The molecule has 1 saturated carbocycles. The number of anilines is 1. The standard InChI is InChI=1S/C13H16N2O4/c1-8-3-2-4-10(13(8)15(18)19)14-11(7-12(16)17)9-5-6-9/h2-4,9,11,14H,5-7H2,1H3,(H,16,17). The molecule has 2 rings (SSSR count). The molecule has 0 heterocycles. The van der Waals surface area contributed by atoms with Crippen molar-refractivity contribution in [1.29, 1.82) is 0 Å². The van der Waals surface area contributed by atoms with E-state index in [9.17, 15) is 14.9 Å². The summed E-state index contributed by atoms with van der Waals surface area (Å²) < 4.78 is 0. The fraction of sp³-hybridized carbons (Fsp3) is 0.462. The van der Waals surface area contributed by atoms with Crippen LogP contribution in [0.2, 0.25) is 0 Å². The van der Waals surface area contributed by atoms with Crippen molar-refractivity contribution < 1.29 is 14.8 Å². The summed E-state index contributed by atoms with van der Waals surface area (Å²) in [5, 5.41) is 23.0. The van der Waals surface area contributed by atoms with Crippen LogP contribution in [0, 0.1) is 23.0 Å². The van der Waals surface area contributed by atoms with Gasteiger partial charge >= 0.3 is 5.97 Å². The highest BCUT2D eigenvalue weighted by Crippen LogP contribution is 2.37. The van der Waals surface area contributed by atoms with Gasteiger partial charge in [0.25, 0.3) is 5.69 Å². The Kier molecular flexibility index (Phi) is 3.69. The number of aryl methyl sites for hydroxylation is 1. The molecular formula is C13H16N2O4. The molecule has 0 saturated heterocycles. The number of hydrogen-bond acceptors (Lipinski definition) is 4. The summed E-state index contributed by atoms with van der Waals surface area (Å²) in [5.41, 5.74) is 1.00. The number of para-hydroxylation sites is 1. The molecule has 6 heteroatoms. The van der Waals surface area contributed by atoms with Crippen LogP contribution in [0.25, 0.3) is 0 Å². The lowest BCUT2D eigenvalue weighted by molar-refractivity contribution is -0.384. The van der Waals surface area contributed by atoms with Crippen LogP contribution >= 0.6 is 0 Å². The number of nitrogens with one attached hydrogen (secondary N) is 1. The Labute approximate surface area is 110 Å². The predicted molar refractivity (Wildman–Crippen MR) is 70.2 cm³/mol. The van der Waals surface area contributed by atoms with Crippen LogP contribution < -0.4 is 5.32 Å². The first-order valence-corrected chi connectivity index (χ1v) is 6.21. The summed E-state index contributed by atoms with van der Waals surface area (Å²) >= 11 is 0. The fourth-order valence-electron chi connectivity index (χ4n) is 2.24. The molecule has 102 valence electrons. The molecule has 1 fully saturated rings. The Morgan fingerprint density at radius 3 is 2.79 bits per heavy atom. The Balaban J connectivity index is 2.23. The van der Waals surface area contributed by atoms with Crippen LogP contribution in [-0.4, -0.2) is 22.0 Å². The van der Waals surface area contributed by atoms with E-state index in [0.717, 1.165) is 12.8 Å². The number of hydrogen-bond donors (Lipinski definition) is 2. The maximum Gasteiger partial charge on any atom is 0.305 e. The second-order valence-electron chi connectivity index (χ2n) is 4.91. The molecule has 1 aliphatic carbocycles. The van der Waals surface area contributed by atoms with Gasteiger partial charge in [-0.2, -0.15) is 0 Å². The van der Waals surface area contributed by atoms with Crippen molar-refractivity contribution in [2.75, 3.05) is 5.32 Å². The maximum absolute atomic E-state index is 11.1. The van der Waals surface area contributed by atoms with Crippen molar-refractivity contribution >= 4 is 17.3 Å². The Bertz CT molecular complexity index is 511. The maximum atomic E-state index is 11.1. The zero-order chi connectivity index (χ0) is 14.0. The van der Waals surface area contributed by atoms with Gasteiger partial charge in [-0.15, -0.1) is 0 Å². The summed E-state index contributed by atoms with van der Waals surface area (Å²) in [6.07, 6.45) is 1.94. The Hall–Kier alpha value is -2.11. The van der Waals surface area contributed by atoms with Gasteiger partial charge < -0.3 is 10.4 Å². The first-order chi connectivity index (χ1) is 8.99. The number of carboxylic acid groups (broad SMARTS) is 1. The molecule has 1 atom stereocenters. The molecule has 0 amide bonds. The molecule has 19 heavy (non-hydrogen) atoms. The Morgan fingerprint density at radius 2 is 2.26 bits per heavy atom. The second-order valence-corrected chi connectivity index (χ2v) is 4.91. The summed E-state index contributed by atoms with van der Waals surface area (Å²) in [7, 11) is 0. The van der Waals surface area contributed by atoms with E-state index < -0.39 is 10.9 Å². The average Bonchev–Trinajstić information content (AvgIpc) is 3.10. The Morgan fingerprint density at radius 1 is 1.58 bits per heavy atom. The van der Waals surface area contributed by atoms with Gasteiger partial charge in [-0.05, 0) is 31.7 Å². The van der Waals surface area contributed by atoms with E-state index in [1.165, 1.54) is 0 Å². The molecule has 0 aliphatic heterocycles. The number of nitro benzene ring substituents is 1. The lowest BCUT2D eigenvalue weighted by atomic mass is 10.1. The minimum atomic E-state index is -0.889. The van der Waals surface area contributed by atoms with Crippen molar-refractivity contribution in [2.24, 2.45) is 5.92 Å². The smallest absolute Gasteiger partial charge is 0.305 e. The van der Waals surface area contributed by atoms with Gasteiger partial charge in [-0.1, -0.05) is 12.1 Å². The van der Waals surface area contributed by atoms with Crippen LogP contribution in [0.5, 0.6) is 0 Å². The van der Waals surface area contributed by atoms with Gasteiger partial charge in [-0.3, -0.25) is 14.9 Å². The minimum absolute atomic E-state index is 0.0181. The number of carbonyl (C=O) groups is 1. The molecule has 0 bridgehead atoms. The minimum Gasteiger partial charge on any atom is -0.481 e. The highest BCUT2D eigenvalue weighted by molar-refractivity contribution is 5.70. The summed E-state index contributed by atoms with van der Waals surface area (Å²) in [5.74, 6) is -0.587. The lowest BCUT2D eigenvalue weighted by Gasteiger charge is -2.18. The number of nitro groups is 1. The number of benzene rings is 1. The highest BCUT2D eigenvalue weighted by Gasteiger charge is 2.34. The zero-order valence-electron chi connectivity index (χ0n) is 10.6. The van der Waals surface area contributed by atoms with E-state index >= 15 is 0 Å². The molecule has 0 aromatic heterocycles. The fourth-order valence-corrected chi connectivity index (χ4v) is 2.24. The first-order valence-electron chi connectivity index (χ1n) is 6.21. The predicted octanol–water partition coefficient (Wildman–Crippen LogP) is 2.57. The molecule has 1 unspecified atom stereocenters. The van der Waals surface area contributed by atoms with E-state index in [4.69, 9.17) is 5.11 Å². The largest absolute Gasteiger partial charge is 0.481 e. The number of carboxylic acids is 1. The van der Waals surface area contributed by atoms with E-state index in [1.807, 2.05) is 0 Å². The number of nitrogens with zero attached hydrogens (tertiary/aromatic N) is 1. The monoisotopic (exact) mass is 264 g/mol. The third-order valence-corrected chi connectivity index (χ3v) is 3.35. The van der Waals surface area contributed by atoms with Crippen LogP contribution in [0.15, 0.2) is 18.2 Å². The number of rotatable bonds is 6. The summed E-state index contributed by atoms with van der Waals surface area (Å²) in [4.78, 5) is 21.5. The quantitative estimate of drug-likeness (QED) is 0.608. The molecule has 1 aromatic rings. The summed E-state index contributed by atoms with van der Waals surface area (Å²) in [6, 6.07) is 4.79. The van der Waals surface area contributed by atoms with E-state index in [-0.39, 0.29) is 18.2 Å². The van der Waals surface area contributed by atoms with Gasteiger partial charge in [0.2, 0.25) is 0 Å². The zero-order valence-corrected chi connectivity index (χ0v) is 10.6. The SMILES string of the molecule is Cc1cccc(NC(CC(=O)O)C2CC2)c1[N+](=O)[O-]. The third kappa shape index (κ3) is 3.21. The first kappa shape index (κ1) is 13.3. The van der Waals surface area contributed by atoms with Gasteiger partial charge in [0.1, 0.15) is 5.69 Å².